The number of hydrogen-bond acceptors (Lipinski definition) is 2. The highest BCUT2D eigenvalue weighted by atomic mass is 16.5. The number of aryl methyl sites for hydroxylation is 1. The van der Waals surface area contributed by atoms with Crippen molar-refractivity contribution in [3.8, 4) is 11.5 Å². The van der Waals surface area contributed by atoms with Gasteiger partial charge in [0.1, 0.15) is 11.5 Å². The van der Waals surface area contributed by atoms with Gasteiger partial charge in [0.15, 0.2) is 0 Å². The van der Waals surface area contributed by atoms with Crippen LogP contribution in [0.1, 0.15) is 54.2 Å². The molecule has 2 nitrogen and oxygen atoms in total. The fourth-order valence-electron chi connectivity index (χ4n) is 6.37. The van der Waals surface area contributed by atoms with Crippen molar-refractivity contribution in [1.82, 2.24) is 0 Å². The molecule has 0 aromatic heterocycles. The summed E-state index contributed by atoms with van der Waals surface area (Å²) in [6, 6.07) is 41.9. The van der Waals surface area contributed by atoms with E-state index in [-0.39, 0.29) is 5.41 Å². The minimum Gasteiger partial charge on any atom is -0.457 e. The van der Waals surface area contributed by atoms with E-state index >= 15 is 0 Å². The Hall–Kier alpha value is -4.30. The molecule has 0 aliphatic carbocycles. The van der Waals surface area contributed by atoms with Gasteiger partial charge in [-0.2, -0.15) is 0 Å². The molecule has 2 heterocycles. The average molecular weight is 494 g/mol. The highest BCUT2D eigenvalue weighted by Crippen LogP contribution is 2.62. The van der Waals surface area contributed by atoms with E-state index in [9.17, 15) is 0 Å². The third kappa shape index (κ3) is 3.13. The van der Waals surface area contributed by atoms with Crippen molar-refractivity contribution < 1.29 is 4.74 Å². The topological polar surface area (TPSA) is 12.5 Å². The summed E-state index contributed by atoms with van der Waals surface area (Å²) in [4.78, 5) is 2.43. The first-order valence-electron chi connectivity index (χ1n) is 13.4. The number of fused-ring (bicyclic) bond motifs is 8. The summed E-state index contributed by atoms with van der Waals surface area (Å²) >= 11 is 0. The number of anilines is 3. The normalized spacial score (nSPS) is 14.7. The monoisotopic (exact) mass is 493 g/mol. The molecule has 38 heavy (non-hydrogen) atoms. The zero-order valence-corrected chi connectivity index (χ0v) is 22.3. The highest BCUT2D eigenvalue weighted by molar-refractivity contribution is 5.91. The summed E-state index contributed by atoms with van der Waals surface area (Å²) < 4.78 is 6.51. The molecule has 5 aromatic rings. The molecule has 2 aliphatic heterocycles. The van der Waals surface area contributed by atoms with Crippen LogP contribution >= 0.6 is 0 Å². The molecule has 0 saturated carbocycles. The lowest BCUT2D eigenvalue weighted by Crippen LogP contribution is -2.39. The summed E-state index contributed by atoms with van der Waals surface area (Å²) in [7, 11) is 0. The van der Waals surface area contributed by atoms with Gasteiger partial charge in [-0.1, -0.05) is 105 Å². The van der Waals surface area contributed by atoms with Crippen LogP contribution in [0.3, 0.4) is 0 Å². The van der Waals surface area contributed by atoms with Gasteiger partial charge in [-0.15, -0.1) is 0 Å². The van der Waals surface area contributed by atoms with Gasteiger partial charge in [0.2, 0.25) is 0 Å². The molecule has 0 amide bonds. The standard InChI is InChI=1S/C36H31NO/c1-24-17-22-32-30(23-24)36(28-12-6-9-15-33(28)38-34-16-10-7-13-29(34)36)27-11-5-8-14-31(27)37(32)26-20-18-25(19-21-26)35(2,3)4/h5-23H,1-4H3. The summed E-state index contributed by atoms with van der Waals surface area (Å²) in [5.41, 5.74) is 10.6. The van der Waals surface area contributed by atoms with E-state index in [0.29, 0.717) is 0 Å². The maximum atomic E-state index is 6.51. The Bertz CT molecular complexity index is 1640. The van der Waals surface area contributed by atoms with Crippen molar-refractivity contribution in [2.24, 2.45) is 0 Å². The second-order valence-electron chi connectivity index (χ2n) is 11.5. The molecule has 0 saturated heterocycles. The third-order valence-electron chi connectivity index (χ3n) is 8.14. The van der Waals surface area contributed by atoms with E-state index in [1.165, 1.54) is 50.4 Å². The van der Waals surface area contributed by atoms with Gasteiger partial charge in [-0.25, -0.2) is 0 Å². The van der Waals surface area contributed by atoms with Crippen molar-refractivity contribution >= 4 is 17.1 Å². The Balaban J connectivity index is 1.59. The second kappa shape index (κ2) is 8.10. The zero-order chi connectivity index (χ0) is 26.1. The molecule has 186 valence electrons. The van der Waals surface area contributed by atoms with Crippen LogP contribution in [0.15, 0.2) is 115 Å². The lowest BCUT2D eigenvalue weighted by Gasteiger charge is -2.48. The molecule has 0 radical (unpaired) electrons. The van der Waals surface area contributed by atoms with Crippen molar-refractivity contribution in [3.05, 3.63) is 149 Å². The van der Waals surface area contributed by atoms with Crippen LogP contribution in [0.25, 0.3) is 0 Å². The van der Waals surface area contributed by atoms with Crippen molar-refractivity contribution in [3.63, 3.8) is 0 Å². The molecule has 2 heteroatoms. The van der Waals surface area contributed by atoms with E-state index in [2.05, 4.69) is 148 Å². The van der Waals surface area contributed by atoms with Crippen molar-refractivity contribution in [2.45, 2.75) is 38.5 Å². The summed E-state index contributed by atoms with van der Waals surface area (Å²) in [6.45, 7) is 8.98. The first kappa shape index (κ1) is 22.9. The lowest BCUT2D eigenvalue weighted by atomic mass is 9.61. The van der Waals surface area contributed by atoms with Crippen LogP contribution in [0.2, 0.25) is 0 Å². The van der Waals surface area contributed by atoms with E-state index in [4.69, 9.17) is 4.74 Å². The largest absolute Gasteiger partial charge is 0.457 e. The predicted molar refractivity (Wildman–Crippen MR) is 157 cm³/mol. The number of para-hydroxylation sites is 3. The quantitative estimate of drug-likeness (QED) is 0.226. The molecule has 1 spiro atoms. The Morgan fingerprint density at radius 3 is 1.76 bits per heavy atom. The van der Waals surface area contributed by atoms with Crippen LogP contribution in [0.4, 0.5) is 17.1 Å². The van der Waals surface area contributed by atoms with Crippen molar-refractivity contribution in [2.75, 3.05) is 4.90 Å². The predicted octanol–water partition coefficient (Wildman–Crippen LogP) is 9.56. The van der Waals surface area contributed by atoms with Gasteiger partial charge < -0.3 is 9.64 Å². The fraction of sp³-hybridized carbons (Fsp3) is 0.167. The van der Waals surface area contributed by atoms with Crippen LogP contribution in [0.5, 0.6) is 11.5 Å². The van der Waals surface area contributed by atoms with Crippen LogP contribution in [0, 0.1) is 6.92 Å². The average Bonchev–Trinajstić information content (AvgIpc) is 2.93. The summed E-state index contributed by atoms with van der Waals surface area (Å²) in [5, 5.41) is 0. The Labute approximate surface area is 225 Å². The Kier molecular flexibility index (Phi) is 4.87. The van der Waals surface area contributed by atoms with Crippen LogP contribution in [-0.2, 0) is 10.8 Å². The van der Waals surface area contributed by atoms with Crippen molar-refractivity contribution in [1.29, 1.82) is 0 Å². The van der Waals surface area contributed by atoms with Gasteiger partial charge in [0.05, 0.1) is 16.8 Å². The molecule has 0 bridgehead atoms. The van der Waals surface area contributed by atoms with Gasteiger partial charge >= 0.3 is 0 Å². The molecular weight excluding hydrogens is 462 g/mol. The number of nitrogens with zero attached hydrogens (tertiary/aromatic N) is 1. The van der Waals surface area contributed by atoms with E-state index in [1.54, 1.807) is 0 Å². The Morgan fingerprint density at radius 2 is 1.13 bits per heavy atom. The summed E-state index contributed by atoms with van der Waals surface area (Å²) in [5.74, 6) is 1.83. The SMILES string of the molecule is Cc1ccc2c(c1)C1(c3ccccc3Oc3ccccc31)c1ccccc1N2c1ccc(C(C)(C)C)cc1. The third-order valence-corrected chi connectivity index (χ3v) is 8.14. The smallest absolute Gasteiger partial charge is 0.132 e. The molecule has 0 atom stereocenters. The van der Waals surface area contributed by atoms with Gasteiger partial charge in [0, 0.05) is 16.8 Å². The van der Waals surface area contributed by atoms with Gasteiger partial charge in [-0.05, 0) is 65.4 Å². The van der Waals surface area contributed by atoms with E-state index in [0.717, 1.165) is 11.5 Å². The van der Waals surface area contributed by atoms with E-state index in [1.807, 2.05) is 0 Å². The number of benzene rings is 5. The van der Waals surface area contributed by atoms with Crippen LogP contribution in [-0.4, -0.2) is 0 Å². The molecular formula is C36H31NO. The number of rotatable bonds is 1. The summed E-state index contributed by atoms with van der Waals surface area (Å²) in [6.07, 6.45) is 0. The lowest BCUT2D eigenvalue weighted by molar-refractivity contribution is 0.434. The fourth-order valence-corrected chi connectivity index (χ4v) is 6.37. The molecule has 0 fully saturated rings. The number of hydrogen-bond donors (Lipinski definition) is 0. The molecule has 5 aromatic carbocycles. The minimum atomic E-state index is -0.495. The molecule has 0 N–H and O–H groups in total. The Morgan fingerprint density at radius 1 is 0.579 bits per heavy atom. The first-order valence-corrected chi connectivity index (χ1v) is 13.4. The molecule has 0 unspecified atom stereocenters. The maximum absolute atomic E-state index is 6.51. The van der Waals surface area contributed by atoms with Crippen LogP contribution < -0.4 is 9.64 Å². The van der Waals surface area contributed by atoms with Gasteiger partial charge in [0.25, 0.3) is 0 Å². The van der Waals surface area contributed by atoms with Gasteiger partial charge in [-0.3, -0.25) is 0 Å². The van der Waals surface area contributed by atoms with E-state index < -0.39 is 5.41 Å². The molecule has 7 rings (SSSR count). The molecule has 2 aliphatic rings. The zero-order valence-electron chi connectivity index (χ0n) is 22.3. The second-order valence-corrected chi connectivity index (χ2v) is 11.5. The first-order chi connectivity index (χ1) is 18.4. The highest BCUT2D eigenvalue weighted by Gasteiger charge is 2.51. The minimum absolute atomic E-state index is 0.104. The maximum Gasteiger partial charge on any atom is 0.132 e. The number of ether oxygens (including phenoxy) is 1.